The molecule has 1 aromatic rings. The summed E-state index contributed by atoms with van der Waals surface area (Å²) in [5, 5.41) is 7.32. The molecule has 0 bridgehead atoms. The molecule has 0 radical (unpaired) electrons. The molecule has 100 valence electrons. The number of hydrogen-bond donors (Lipinski definition) is 2. The molecule has 1 aromatic heterocycles. The second kappa shape index (κ2) is 5.84. The molecule has 1 atom stereocenters. The predicted molar refractivity (Wildman–Crippen MR) is 76.8 cm³/mol. The molecule has 1 unspecified atom stereocenters. The smallest absolute Gasteiger partial charge is 0.263 e. The van der Waals surface area contributed by atoms with Crippen molar-refractivity contribution in [3.05, 3.63) is 20.8 Å². The number of thiophene rings is 1. The van der Waals surface area contributed by atoms with E-state index >= 15 is 0 Å². The van der Waals surface area contributed by atoms with Crippen molar-refractivity contribution in [3.63, 3.8) is 0 Å². The molecule has 0 saturated heterocycles. The van der Waals surface area contributed by atoms with Crippen molar-refractivity contribution in [3.8, 4) is 0 Å². The average Bonchev–Trinajstić information content (AvgIpc) is 2.61. The summed E-state index contributed by atoms with van der Waals surface area (Å²) in [6.07, 6.45) is 0. The summed E-state index contributed by atoms with van der Waals surface area (Å²) < 4.78 is 0.744. The Hall–Kier alpha value is -0.880. The standard InChI is InChI=1S/C12H17BrN2O2S/c1-7(10(16)15-12(2,3)4)14-11(17)9-8(13)5-6-18-9/h5-7H,1-4H3,(H,14,17)(H,15,16). The first-order chi connectivity index (χ1) is 8.20. The molecule has 0 aliphatic rings. The number of hydrogen-bond acceptors (Lipinski definition) is 3. The van der Waals surface area contributed by atoms with Crippen LogP contribution in [0, 0.1) is 0 Å². The SMILES string of the molecule is CC(NC(=O)c1sccc1Br)C(=O)NC(C)(C)C. The van der Waals surface area contributed by atoms with E-state index in [2.05, 4.69) is 26.6 Å². The van der Waals surface area contributed by atoms with Gasteiger partial charge in [-0.25, -0.2) is 0 Å². The largest absolute Gasteiger partial charge is 0.350 e. The molecule has 0 spiro atoms. The van der Waals surface area contributed by atoms with Gasteiger partial charge in [0.1, 0.15) is 10.9 Å². The van der Waals surface area contributed by atoms with Gasteiger partial charge in [-0.1, -0.05) is 0 Å². The Morgan fingerprint density at radius 1 is 1.39 bits per heavy atom. The Morgan fingerprint density at radius 3 is 2.44 bits per heavy atom. The number of carbonyl (C=O) groups is 2. The van der Waals surface area contributed by atoms with Crippen molar-refractivity contribution < 1.29 is 9.59 Å². The van der Waals surface area contributed by atoms with Crippen molar-refractivity contribution in [1.82, 2.24) is 10.6 Å². The second-order valence-corrected chi connectivity index (χ2v) is 6.80. The van der Waals surface area contributed by atoms with E-state index in [1.807, 2.05) is 26.2 Å². The summed E-state index contributed by atoms with van der Waals surface area (Å²) in [6.45, 7) is 7.36. The monoisotopic (exact) mass is 332 g/mol. The van der Waals surface area contributed by atoms with Crippen LogP contribution in [0.1, 0.15) is 37.4 Å². The van der Waals surface area contributed by atoms with E-state index in [0.717, 1.165) is 4.47 Å². The highest BCUT2D eigenvalue weighted by Gasteiger charge is 2.22. The van der Waals surface area contributed by atoms with Crippen LogP contribution in [-0.4, -0.2) is 23.4 Å². The van der Waals surface area contributed by atoms with Gasteiger partial charge in [-0.3, -0.25) is 9.59 Å². The van der Waals surface area contributed by atoms with E-state index in [9.17, 15) is 9.59 Å². The minimum absolute atomic E-state index is 0.191. The summed E-state index contributed by atoms with van der Waals surface area (Å²) in [5.41, 5.74) is -0.306. The van der Waals surface area contributed by atoms with Gasteiger partial charge in [0, 0.05) is 10.0 Å². The highest BCUT2D eigenvalue weighted by molar-refractivity contribution is 9.10. The molecule has 6 heteroatoms. The molecular weight excluding hydrogens is 316 g/mol. The Balaban J connectivity index is 2.60. The van der Waals surface area contributed by atoms with Crippen LogP contribution in [0.3, 0.4) is 0 Å². The lowest BCUT2D eigenvalue weighted by Gasteiger charge is -2.23. The third-order valence-electron chi connectivity index (χ3n) is 2.06. The maximum Gasteiger partial charge on any atom is 0.263 e. The third kappa shape index (κ3) is 4.42. The van der Waals surface area contributed by atoms with Gasteiger partial charge in [0.25, 0.3) is 5.91 Å². The van der Waals surface area contributed by atoms with Crippen LogP contribution in [0.25, 0.3) is 0 Å². The number of nitrogens with one attached hydrogen (secondary N) is 2. The normalized spacial score (nSPS) is 12.9. The lowest BCUT2D eigenvalue weighted by molar-refractivity contribution is -0.124. The fraction of sp³-hybridized carbons (Fsp3) is 0.500. The number of carbonyl (C=O) groups excluding carboxylic acids is 2. The molecule has 0 saturated carbocycles. The zero-order valence-electron chi connectivity index (χ0n) is 10.8. The number of amides is 2. The maximum absolute atomic E-state index is 11.9. The van der Waals surface area contributed by atoms with Crippen LogP contribution >= 0.6 is 27.3 Å². The Bertz CT molecular complexity index is 451. The van der Waals surface area contributed by atoms with E-state index in [-0.39, 0.29) is 17.4 Å². The first-order valence-electron chi connectivity index (χ1n) is 5.56. The summed E-state index contributed by atoms with van der Waals surface area (Å²) in [7, 11) is 0. The molecule has 1 heterocycles. The lowest BCUT2D eigenvalue weighted by Crippen LogP contribution is -2.50. The number of halogens is 1. The quantitative estimate of drug-likeness (QED) is 0.893. The summed E-state index contributed by atoms with van der Waals surface area (Å²) >= 11 is 4.63. The van der Waals surface area contributed by atoms with Crippen molar-refractivity contribution in [2.75, 3.05) is 0 Å². The lowest BCUT2D eigenvalue weighted by atomic mass is 10.1. The molecule has 0 aromatic carbocycles. The minimum Gasteiger partial charge on any atom is -0.350 e. The van der Waals surface area contributed by atoms with Gasteiger partial charge < -0.3 is 10.6 Å². The van der Waals surface area contributed by atoms with E-state index in [1.165, 1.54) is 11.3 Å². The summed E-state index contributed by atoms with van der Waals surface area (Å²) in [6, 6.07) is 1.24. The van der Waals surface area contributed by atoms with Gasteiger partial charge in [0.15, 0.2) is 0 Å². The van der Waals surface area contributed by atoms with E-state index in [4.69, 9.17) is 0 Å². The molecule has 0 aliphatic heterocycles. The van der Waals surface area contributed by atoms with Crippen molar-refractivity contribution >= 4 is 39.1 Å². The Morgan fingerprint density at radius 2 is 2.00 bits per heavy atom. The average molecular weight is 333 g/mol. The van der Waals surface area contributed by atoms with Crippen LogP contribution in [0.15, 0.2) is 15.9 Å². The maximum atomic E-state index is 11.9. The van der Waals surface area contributed by atoms with E-state index < -0.39 is 6.04 Å². The molecule has 2 amide bonds. The van der Waals surface area contributed by atoms with Gasteiger partial charge in [-0.2, -0.15) is 0 Å². The zero-order chi connectivity index (χ0) is 13.9. The predicted octanol–water partition coefficient (Wildman–Crippen LogP) is 2.54. The van der Waals surface area contributed by atoms with Gasteiger partial charge in [-0.15, -0.1) is 11.3 Å². The summed E-state index contributed by atoms with van der Waals surface area (Å²) in [5.74, 6) is -0.433. The molecule has 0 aliphatic carbocycles. The Kier molecular flexibility index (Phi) is 4.92. The van der Waals surface area contributed by atoms with Crippen LogP contribution in [-0.2, 0) is 4.79 Å². The van der Waals surface area contributed by atoms with Crippen molar-refractivity contribution in [1.29, 1.82) is 0 Å². The first kappa shape index (κ1) is 15.2. The highest BCUT2D eigenvalue weighted by Crippen LogP contribution is 2.22. The Labute approximate surface area is 119 Å². The first-order valence-corrected chi connectivity index (χ1v) is 7.24. The topological polar surface area (TPSA) is 58.2 Å². The van der Waals surface area contributed by atoms with Gasteiger partial charge >= 0.3 is 0 Å². The van der Waals surface area contributed by atoms with E-state index in [1.54, 1.807) is 13.0 Å². The molecule has 18 heavy (non-hydrogen) atoms. The molecule has 4 nitrogen and oxygen atoms in total. The molecular formula is C12H17BrN2O2S. The zero-order valence-corrected chi connectivity index (χ0v) is 13.2. The molecule has 1 rings (SSSR count). The highest BCUT2D eigenvalue weighted by atomic mass is 79.9. The van der Waals surface area contributed by atoms with Gasteiger partial charge in [-0.05, 0) is 55.1 Å². The second-order valence-electron chi connectivity index (χ2n) is 5.03. The van der Waals surface area contributed by atoms with E-state index in [0.29, 0.717) is 4.88 Å². The van der Waals surface area contributed by atoms with Crippen LogP contribution in [0.2, 0.25) is 0 Å². The molecule has 2 N–H and O–H groups in total. The van der Waals surface area contributed by atoms with Crippen molar-refractivity contribution in [2.24, 2.45) is 0 Å². The van der Waals surface area contributed by atoms with Crippen molar-refractivity contribution in [2.45, 2.75) is 39.3 Å². The fourth-order valence-corrected chi connectivity index (χ4v) is 2.72. The van der Waals surface area contributed by atoms with Crippen LogP contribution < -0.4 is 10.6 Å². The molecule has 0 fully saturated rings. The van der Waals surface area contributed by atoms with Gasteiger partial charge in [0.2, 0.25) is 5.91 Å². The third-order valence-corrected chi connectivity index (χ3v) is 3.90. The fourth-order valence-electron chi connectivity index (χ4n) is 1.26. The van der Waals surface area contributed by atoms with Gasteiger partial charge in [0.05, 0.1) is 0 Å². The minimum atomic E-state index is -0.564. The summed E-state index contributed by atoms with van der Waals surface area (Å²) in [4.78, 5) is 24.3. The van der Waals surface area contributed by atoms with Crippen LogP contribution in [0.4, 0.5) is 0 Å². The van der Waals surface area contributed by atoms with Crippen LogP contribution in [0.5, 0.6) is 0 Å². The number of rotatable bonds is 3.